The molecule has 1 heterocycles. The molecule has 0 spiro atoms. The number of benzene rings is 2. The number of carboxylic acid groups (broad SMARTS) is 1. The lowest BCUT2D eigenvalue weighted by Crippen LogP contribution is -2.08. The molecular formula is C25H24F3NO5. The van der Waals surface area contributed by atoms with Crippen LogP contribution in [0.4, 0.5) is 13.2 Å². The fourth-order valence-electron chi connectivity index (χ4n) is 3.40. The molecule has 2 aromatic carbocycles. The van der Waals surface area contributed by atoms with Gasteiger partial charge in [0.15, 0.2) is 0 Å². The van der Waals surface area contributed by atoms with Crippen molar-refractivity contribution in [2.75, 3.05) is 14.2 Å². The maximum atomic E-state index is 13.1. The normalized spacial score (nSPS) is 12.0. The highest BCUT2D eigenvalue weighted by atomic mass is 19.4. The Bertz CT molecular complexity index is 1220. The Kier molecular flexibility index (Phi) is 7.65. The fraction of sp³-hybridized carbons (Fsp3) is 0.280. The minimum Gasteiger partial charge on any atom is -0.497 e. The van der Waals surface area contributed by atoms with E-state index in [1.807, 2.05) is 6.92 Å². The van der Waals surface area contributed by atoms with Crippen LogP contribution in [-0.4, -0.2) is 30.3 Å². The van der Waals surface area contributed by atoms with Gasteiger partial charge in [-0.15, -0.1) is 0 Å². The number of halogens is 3. The number of aliphatic carboxylic acids is 1. The van der Waals surface area contributed by atoms with Gasteiger partial charge < -0.3 is 19.3 Å². The van der Waals surface area contributed by atoms with E-state index in [-0.39, 0.29) is 23.4 Å². The van der Waals surface area contributed by atoms with E-state index in [1.54, 1.807) is 36.4 Å². The van der Waals surface area contributed by atoms with Crippen molar-refractivity contribution in [3.63, 3.8) is 0 Å². The monoisotopic (exact) mass is 475 g/mol. The number of hydrogen-bond acceptors (Lipinski definition) is 5. The summed E-state index contributed by atoms with van der Waals surface area (Å²) < 4.78 is 55.7. The predicted octanol–water partition coefficient (Wildman–Crippen LogP) is 6.12. The summed E-state index contributed by atoms with van der Waals surface area (Å²) in [6.45, 7) is 1.98. The molecule has 6 nitrogen and oxygen atoms in total. The number of hydrogen-bond donors (Lipinski definition) is 1. The van der Waals surface area contributed by atoms with Crippen LogP contribution in [0.15, 0.2) is 48.0 Å². The first-order valence-electron chi connectivity index (χ1n) is 10.5. The maximum absolute atomic E-state index is 13.1. The minimum atomic E-state index is -4.59. The summed E-state index contributed by atoms with van der Waals surface area (Å²) in [6.07, 6.45) is -1.98. The van der Waals surface area contributed by atoms with Gasteiger partial charge in [0.25, 0.3) is 0 Å². The van der Waals surface area contributed by atoms with Crippen LogP contribution in [0.25, 0.3) is 17.0 Å². The topological polar surface area (TPSA) is 77.9 Å². The van der Waals surface area contributed by atoms with Crippen LogP contribution in [0.1, 0.15) is 36.6 Å². The molecule has 0 fully saturated rings. The van der Waals surface area contributed by atoms with Gasteiger partial charge in [-0.3, -0.25) is 0 Å². The highest BCUT2D eigenvalue weighted by Gasteiger charge is 2.33. The Morgan fingerprint density at radius 3 is 2.44 bits per heavy atom. The van der Waals surface area contributed by atoms with Crippen molar-refractivity contribution in [1.82, 2.24) is 4.98 Å². The lowest BCUT2D eigenvalue weighted by molar-refractivity contribution is -0.141. The van der Waals surface area contributed by atoms with Crippen molar-refractivity contribution >= 4 is 22.9 Å². The number of fused-ring (bicyclic) bond motifs is 1. The summed E-state index contributed by atoms with van der Waals surface area (Å²) in [5, 5.41) is 9.90. The molecule has 1 N–H and O–H groups in total. The molecule has 0 aliphatic rings. The quantitative estimate of drug-likeness (QED) is 0.376. The summed E-state index contributed by atoms with van der Waals surface area (Å²) in [5.41, 5.74) is 0.568. The molecule has 0 unspecified atom stereocenters. The van der Waals surface area contributed by atoms with Gasteiger partial charge in [0.1, 0.15) is 29.5 Å². The standard InChI is InChI=1S/C25H24F3NO5/c1-4-5-16(24(30)31)11-17-12-18(32-2)7-9-21(17)34-14-15-6-8-20-19(10-15)22(33-3)13-23(29-20)25(26,27)28/h6-13H,4-5,14H2,1-3H3,(H,30,31)/b16-11+. The molecule has 0 aliphatic carbocycles. The summed E-state index contributed by atoms with van der Waals surface area (Å²) in [4.78, 5) is 15.3. The zero-order valence-electron chi connectivity index (χ0n) is 18.9. The molecule has 0 saturated carbocycles. The van der Waals surface area contributed by atoms with Crippen LogP contribution in [-0.2, 0) is 17.6 Å². The Morgan fingerprint density at radius 2 is 1.82 bits per heavy atom. The van der Waals surface area contributed by atoms with E-state index in [9.17, 15) is 23.1 Å². The summed E-state index contributed by atoms with van der Waals surface area (Å²) >= 11 is 0. The minimum absolute atomic E-state index is 0.0536. The first-order chi connectivity index (χ1) is 16.2. The highest BCUT2D eigenvalue weighted by molar-refractivity contribution is 5.92. The number of nitrogens with zero attached hydrogens (tertiary/aromatic N) is 1. The largest absolute Gasteiger partial charge is 0.497 e. The number of carboxylic acids is 1. The van der Waals surface area contributed by atoms with Crippen LogP contribution in [0.5, 0.6) is 17.2 Å². The lowest BCUT2D eigenvalue weighted by atomic mass is 10.1. The van der Waals surface area contributed by atoms with Crippen molar-refractivity contribution in [1.29, 1.82) is 0 Å². The van der Waals surface area contributed by atoms with E-state index >= 15 is 0 Å². The molecule has 0 saturated heterocycles. The molecular weight excluding hydrogens is 451 g/mol. The van der Waals surface area contributed by atoms with Gasteiger partial charge in [0, 0.05) is 22.6 Å². The molecule has 0 aliphatic heterocycles. The number of ether oxygens (including phenoxy) is 3. The number of aromatic nitrogens is 1. The van der Waals surface area contributed by atoms with Gasteiger partial charge in [0.2, 0.25) is 0 Å². The SMILES string of the molecule is CCC/C(=C\c1cc(OC)ccc1OCc1ccc2nc(C(F)(F)F)cc(OC)c2c1)C(=O)O. The van der Waals surface area contributed by atoms with Crippen molar-refractivity contribution in [3.05, 3.63) is 64.9 Å². The van der Waals surface area contributed by atoms with Crippen LogP contribution >= 0.6 is 0 Å². The van der Waals surface area contributed by atoms with Crippen LogP contribution < -0.4 is 14.2 Å². The molecule has 34 heavy (non-hydrogen) atoms. The zero-order valence-corrected chi connectivity index (χ0v) is 18.9. The first kappa shape index (κ1) is 24.9. The van der Waals surface area contributed by atoms with Gasteiger partial charge in [0.05, 0.1) is 19.7 Å². The number of carbonyl (C=O) groups is 1. The van der Waals surface area contributed by atoms with E-state index < -0.39 is 17.8 Å². The molecule has 3 rings (SSSR count). The molecule has 3 aromatic rings. The van der Waals surface area contributed by atoms with E-state index in [0.29, 0.717) is 40.9 Å². The molecule has 180 valence electrons. The third-order valence-electron chi connectivity index (χ3n) is 5.08. The number of pyridine rings is 1. The Hall–Kier alpha value is -3.75. The predicted molar refractivity (Wildman–Crippen MR) is 121 cm³/mol. The van der Waals surface area contributed by atoms with Gasteiger partial charge in [-0.25, -0.2) is 9.78 Å². The highest BCUT2D eigenvalue weighted by Crippen LogP contribution is 2.35. The molecule has 0 atom stereocenters. The van der Waals surface area contributed by atoms with Gasteiger partial charge in [-0.1, -0.05) is 19.4 Å². The molecule has 9 heteroatoms. The Balaban J connectivity index is 1.93. The summed E-state index contributed by atoms with van der Waals surface area (Å²) in [7, 11) is 2.80. The van der Waals surface area contributed by atoms with E-state index in [0.717, 1.165) is 6.07 Å². The molecule has 0 radical (unpaired) electrons. The van der Waals surface area contributed by atoms with Crippen LogP contribution in [0, 0.1) is 0 Å². The van der Waals surface area contributed by atoms with Crippen LogP contribution in [0.2, 0.25) is 0 Å². The van der Waals surface area contributed by atoms with E-state index in [1.165, 1.54) is 20.3 Å². The molecule has 1 aromatic heterocycles. The van der Waals surface area contributed by atoms with Gasteiger partial charge >= 0.3 is 12.1 Å². The fourth-order valence-corrected chi connectivity index (χ4v) is 3.40. The third kappa shape index (κ3) is 5.78. The Morgan fingerprint density at radius 1 is 1.06 bits per heavy atom. The molecule has 0 amide bonds. The van der Waals surface area contributed by atoms with Gasteiger partial charge in [-0.2, -0.15) is 13.2 Å². The zero-order chi connectivity index (χ0) is 24.9. The number of methoxy groups -OCH3 is 2. The van der Waals surface area contributed by atoms with Crippen molar-refractivity contribution in [2.45, 2.75) is 32.5 Å². The second-order valence-electron chi connectivity index (χ2n) is 7.48. The van der Waals surface area contributed by atoms with Crippen LogP contribution in [0.3, 0.4) is 0 Å². The number of rotatable bonds is 9. The average Bonchev–Trinajstić information content (AvgIpc) is 2.81. The van der Waals surface area contributed by atoms with Crippen molar-refractivity contribution in [2.24, 2.45) is 0 Å². The van der Waals surface area contributed by atoms with Gasteiger partial charge in [-0.05, 0) is 48.4 Å². The first-order valence-corrected chi connectivity index (χ1v) is 10.5. The average molecular weight is 475 g/mol. The van der Waals surface area contributed by atoms with E-state index in [2.05, 4.69) is 4.98 Å². The number of alkyl halides is 3. The Labute approximate surface area is 194 Å². The maximum Gasteiger partial charge on any atom is 0.433 e. The smallest absolute Gasteiger partial charge is 0.433 e. The second-order valence-corrected chi connectivity index (χ2v) is 7.48. The van der Waals surface area contributed by atoms with Crippen molar-refractivity contribution in [3.8, 4) is 17.2 Å². The second kappa shape index (κ2) is 10.5. The molecule has 0 bridgehead atoms. The third-order valence-corrected chi connectivity index (χ3v) is 5.08. The van der Waals surface area contributed by atoms with E-state index in [4.69, 9.17) is 14.2 Å². The summed E-state index contributed by atoms with van der Waals surface area (Å²) in [6, 6.07) is 10.7. The van der Waals surface area contributed by atoms with Crippen molar-refractivity contribution < 1.29 is 37.3 Å². The summed E-state index contributed by atoms with van der Waals surface area (Å²) in [5.74, 6) is 0.0240. The lowest BCUT2D eigenvalue weighted by Gasteiger charge is -2.14.